The number of aliphatic hydroxyl groups is 1. The number of carboxylic acid groups (broad SMARTS) is 1. The van der Waals surface area contributed by atoms with Gasteiger partial charge < -0.3 is 20.4 Å². The molecule has 4 rings (SSSR count). The minimum Gasteiger partial charge on any atom is -0.480 e. The van der Waals surface area contributed by atoms with Crippen LogP contribution in [0.15, 0.2) is 48.5 Å². The molecule has 0 radical (unpaired) electrons. The van der Waals surface area contributed by atoms with Gasteiger partial charge in [0.25, 0.3) is 11.8 Å². The number of benzene rings is 2. The highest BCUT2D eigenvalue weighted by molar-refractivity contribution is 6.21. The first-order chi connectivity index (χ1) is 14.8. The number of urea groups is 1. The van der Waals surface area contributed by atoms with Crippen LogP contribution in [-0.4, -0.2) is 57.1 Å². The van der Waals surface area contributed by atoms with E-state index in [1.807, 2.05) is 24.3 Å². The first-order valence-corrected chi connectivity index (χ1v) is 9.81. The predicted octanol–water partition coefficient (Wildman–Crippen LogP) is 1.14. The van der Waals surface area contributed by atoms with Gasteiger partial charge >= 0.3 is 12.0 Å². The molecule has 0 spiro atoms. The van der Waals surface area contributed by atoms with Crippen LogP contribution in [-0.2, 0) is 22.6 Å². The molecule has 31 heavy (non-hydrogen) atoms. The molecule has 9 heteroatoms. The number of fused-ring (bicyclic) bond motifs is 2. The number of rotatable bonds is 5. The van der Waals surface area contributed by atoms with Gasteiger partial charge in [0.2, 0.25) is 0 Å². The van der Waals surface area contributed by atoms with Crippen LogP contribution in [0.1, 0.15) is 28.4 Å². The molecule has 4 amide bonds. The van der Waals surface area contributed by atoms with E-state index in [0.717, 1.165) is 16.0 Å². The van der Waals surface area contributed by atoms with E-state index in [4.69, 9.17) is 5.11 Å². The minimum atomic E-state index is -1.45. The van der Waals surface area contributed by atoms with Crippen molar-refractivity contribution in [3.8, 4) is 0 Å². The molecule has 0 saturated carbocycles. The maximum absolute atomic E-state index is 13.0. The first-order valence-electron chi connectivity index (χ1n) is 9.81. The lowest BCUT2D eigenvalue weighted by Gasteiger charge is -2.28. The van der Waals surface area contributed by atoms with Gasteiger partial charge in [-0.25, -0.2) is 14.5 Å². The maximum Gasteiger partial charge on any atom is 0.332 e. The van der Waals surface area contributed by atoms with Gasteiger partial charge in [-0.3, -0.25) is 9.59 Å². The van der Waals surface area contributed by atoms with Crippen LogP contribution in [0.25, 0.3) is 0 Å². The van der Waals surface area contributed by atoms with Gasteiger partial charge in [0.15, 0.2) is 6.04 Å². The third-order valence-electron chi connectivity index (χ3n) is 5.61. The molecule has 3 atom stereocenters. The second-order valence-electron chi connectivity index (χ2n) is 7.65. The highest BCUT2D eigenvalue weighted by Gasteiger charge is 2.47. The van der Waals surface area contributed by atoms with Crippen molar-refractivity contribution in [2.24, 2.45) is 0 Å². The second kappa shape index (κ2) is 7.84. The average molecular weight is 423 g/mol. The Morgan fingerprint density at radius 1 is 1.06 bits per heavy atom. The quantitative estimate of drug-likeness (QED) is 0.619. The van der Waals surface area contributed by atoms with Crippen molar-refractivity contribution in [3.05, 3.63) is 65.2 Å². The molecular formula is C22H21N3O6. The number of carboxylic acids is 1. The molecule has 3 N–H and O–H groups in total. The van der Waals surface area contributed by atoms with E-state index in [1.165, 1.54) is 31.2 Å². The lowest BCUT2D eigenvalue weighted by molar-refractivity contribution is -0.141. The Labute approximate surface area is 177 Å². The minimum absolute atomic E-state index is 0.139. The number of hydrogen-bond acceptors (Lipinski definition) is 5. The van der Waals surface area contributed by atoms with Crippen LogP contribution in [0.3, 0.4) is 0 Å². The van der Waals surface area contributed by atoms with Crippen molar-refractivity contribution >= 4 is 29.5 Å². The number of nitrogens with one attached hydrogen (secondary N) is 1. The van der Waals surface area contributed by atoms with Gasteiger partial charge in [-0.05, 0) is 42.3 Å². The van der Waals surface area contributed by atoms with Crippen LogP contribution in [0.2, 0.25) is 0 Å². The smallest absolute Gasteiger partial charge is 0.332 e. The molecule has 2 aliphatic heterocycles. The summed E-state index contributed by atoms with van der Waals surface area (Å²) in [4.78, 5) is 52.0. The summed E-state index contributed by atoms with van der Waals surface area (Å²) in [6.45, 7) is 1.62. The number of carbonyl (C=O) groups is 4. The zero-order valence-electron chi connectivity index (χ0n) is 16.7. The summed E-state index contributed by atoms with van der Waals surface area (Å²) in [5, 5.41) is 20.8. The molecule has 1 saturated heterocycles. The molecule has 9 nitrogen and oxygen atoms in total. The summed E-state index contributed by atoms with van der Waals surface area (Å²) in [6, 6.07) is 11.0. The third kappa shape index (κ3) is 3.64. The van der Waals surface area contributed by atoms with Crippen LogP contribution in [0, 0.1) is 0 Å². The summed E-state index contributed by atoms with van der Waals surface area (Å²) >= 11 is 0. The Balaban J connectivity index is 1.52. The molecule has 0 unspecified atom stereocenters. The van der Waals surface area contributed by atoms with Crippen molar-refractivity contribution in [1.82, 2.24) is 10.2 Å². The Bertz CT molecular complexity index is 1020. The van der Waals surface area contributed by atoms with Crippen LogP contribution < -0.4 is 10.2 Å². The summed E-state index contributed by atoms with van der Waals surface area (Å²) in [5.41, 5.74) is 2.53. The van der Waals surface area contributed by atoms with Crippen LogP contribution >= 0.6 is 0 Å². The number of anilines is 1. The Morgan fingerprint density at radius 2 is 1.71 bits per heavy atom. The van der Waals surface area contributed by atoms with Crippen molar-refractivity contribution in [2.45, 2.75) is 38.1 Å². The molecular weight excluding hydrogens is 402 g/mol. The van der Waals surface area contributed by atoms with Gasteiger partial charge in [0.1, 0.15) is 6.04 Å². The molecule has 2 aromatic carbocycles. The van der Waals surface area contributed by atoms with Crippen LogP contribution in [0.5, 0.6) is 0 Å². The third-order valence-corrected chi connectivity index (χ3v) is 5.61. The van der Waals surface area contributed by atoms with Gasteiger partial charge in [0, 0.05) is 18.5 Å². The molecule has 0 aromatic heterocycles. The average Bonchev–Trinajstić information content (AvgIpc) is 2.99. The Morgan fingerprint density at radius 3 is 2.32 bits per heavy atom. The van der Waals surface area contributed by atoms with Crippen molar-refractivity contribution < 1.29 is 29.4 Å². The molecule has 160 valence electrons. The summed E-state index contributed by atoms with van der Waals surface area (Å²) < 4.78 is 0. The van der Waals surface area contributed by atoms with E-state index in [9.17, 15) is 24.3 Å². The highest BCUT2D eigenvalue weighted by Crippen LogP contribution is 2.32. The van der Waals surface area contributed by atoms with Crippen molar-refractivity contribution in [1.29, 1.82) is 0 Å². The van der Waals surface area contributed by atoms with E-state index in [2.05, 4.69) is 5.32 Å². The zero-order valence-corrected chi connectivity index (χ0v) is 16.7. The highest BCUT2D eigenvalue weighted by atomic mass is 16.4. The van der Waals surface area contributed by atoms with Crippen molar-refractivity contribution in [2.75, 3.05) is 4.90 Å². The first kappa shape index (κ1) is 20.5. The topological polar surface area (TPSA) is 127 Å². The lowest BCUT2D eigenvalue weighted by Crippen LogP contribution is -2.47. The molecule has 1 fully saturated rings. The summed E-state index contributed by atoms with van der Waals surface area (Å²) in [6.07, 6.45) is -0.824. The van der Waals surface area contributed by atoms with Crippen LogP contribution in [0.4, 0.5) is 10.5 Å². The van der Waals surface area contributed by atoms with E-state index in [0.29, 0.717) is 18.7 Å². The number of aliphatic carboxylic acids is 1. The fourth-order valence-corrected chi connectivity index (χ4v) is 3.93. The van der Waals surface area contributed by atoms with E-state index in [-0.39, 0.29) is 11.5 Å². The molecule has 2 aromatic rings. The predicted molar refractivity (Wildman–Crippen MR) is 109 cm³/mol. The molecule has 2 aliphatic rings. The Kier molecular flexibility index (Phi) is 5.20. The fraction of sp³-hybridized carbons (Fsp3) is 0.273. The maximum atomic E-state index is 13.0. The Hall–Kier alpha value is -3.72. The summed E-state index contributed by atoms with van der Waals surface area (Å²) in [7, 11) is 0. The van der Waals surface area contributed by atoms with Gasteiger partial charge in [-0.15, -0.1) is 0 Å². The number of carbonyl (C=O) groups excluding carboxylic acids is 3. The number of nitrogens with zero attached hydrogens (tertiary/aromatic N) is 2. The normalized spacial score (nSPS) is 19.5. The van der Waals surface area contributed by atoms with E-state index >= 15 is 0 Å². The van der Waals surface area contributed by atoms with E-state index in [1.54, 1.807) is 4.90 Å². The van der Waals surface area contributed by atoms with Gasteiger partial charge in [-0.1, -0.05) is 24.3 Å². The standard InChI is InChI=1S/C22H21N3O6/c1-12(26)18(21(29)30)23-19(27)13-6-8-16(9-7-13)25-20(28)17-10-14-4-2-3-5-15(14)11-24(17)22(25)31/h2-9,12,17-18,26H,10-11H2,1H3,(H,23,27)(H,29,30)/t12-,17-,18-/m0/s1. The number of amides is 4. The number of hydrogen-bond donors (Lipinski definition) is 3. The summed E-state index contributed by atoms with van der Waals surface area (Å²) in [5.74, 6) is -2.37. The number of aliphatic hydroxyl groups excluding tert-OH is 1. The lowest BCUT2D eigenvalue weighted by atomic mass is 9.95. The molecule has 0 bridgehead atoms. The fourth-order valence-electron chi connectivity index (χ4n) is 3.93. The molecule has 0 aliphatic carbocycles. The van der Waals surface area contributed by atoms with Crippen molar-refractivity contribution in [3.63, 3.8) is 0 Å². The number of imide groups is 1. The largest absolute Gasteiger partial charge is 0.480 e. The second-order valence-corrected chi connectivity index (χ2v) is 7.65. The molecule has 2 heterocycles. The van der Waals surface area contributed by atoms with E-state index < -0.39 is 36.1 Å². The monoisotopic (exact) mass is 423 g/mol. The van der Waals surface area contributed by atoms with Gasteiger partial charge in [-0.2, -0.15) is 0 Å². The van der Waals surface area contributed by atoms with Gasteiger partial charge in [0.05, 0.1) is 11.8 Å². The zero-order chi connectivity index (χ0) is 22.3. The SMILES string of the molecule is C[C@H](O)[C@H](NC(=O)c1ccc(N2C(=O)[C@@H]3Cc4ccccc4CN3C2=O)cc1)C(=O)O.